The van der Waals surface area contributed by atoms with Crippen molar-refractivity contribution in [3.05, 3.63) is 57.9 Å². The molecule has 0 unspecified atom stereocenters. The highest BCUT2D eigenvalue weighted by Crippen LogP contribution is 2.42. The maximum atomic E-state index is 13.4. The first-order chi connectivity index (χ1) is 15.1. The van der Waals surface area contributed by atoms with Crippen molar-refractivity contribution < 1.29 is 32.1 Å². The number of carbonyl (C=O) groups excluding carboxylic acids is 2. The average Bonchev–Trinajstić information content (AvgIpc) is 3.08. The van der Waals surface area contributed by atoms with Crippen LogP contribution in [-0.2, 0) is 19.6 Å². The smallest absolute Gasteiger partial charge is 0.338 e. The number of thioether (sulfide) groups is 1. The predicted molar refractivity (Wildman–Crippen MR) is 113 cm³/mol. The lowest BCUT2D eigenvalue weighted by molar-refractivity contribution is -0.387. The monoisotopic (exact) mass is 480 g/mol. The molecule has 32 heavy (non-hydrogen) atoms. The van der Waals surface area contributed by atoms with Gasteiger partial charge in [-0.15, -0.1) is 4.40 Å². The van der Waals surface area contributed by atoms with Gasteiger partial charge < -0.3 is 15.0 Å². The molecule has 2 aromatic carbocycles. The number of amidine groups is 1. The zero-order chi connectivity index (χ0) is 23.0. The third-order valence-corrected chi connectivity index (χ3v) is 6.78. The molecule has 0 spiro atoms. The number of fused-ring (bicyclic) bond motifs is 3. The van der Waals surface area contributed by atoms with Gasteiger partial charge in [-0.25, -0.2) is 13.2 Å². The van der Waals surface area contributed by atoms with Crippen LogP contribution in [0.1, 0.15) is 10.4 Å². The molecule has 0 radical (unpaired) electrons. The maximum Gasteiger partial charge on any atom is 0.338 e. The Bertz CT molecular complexity index is 1300. The Morgan fingerprint density at radius 2 is 2.06 bits per heavy atom. The minimum absolute atomic E-state index is 0.0274. The molecule has 0 atom stereocenters. The number of benzene rings is 2. The summed E-state index contributed by atoms with van der Waals surface area (Å²) in [6.07, 6.45) is 0. The highest BCUT2D eigenvalue weighted by molar-refractivity contribution is 8.15. The summed E-state index contributed by atoms with van der Waals surface area (Å²) in [6, 6.07) is 7.45. The Kier molecular flexibility index (Phi) is 5.56. The molecule has 0 saturated heterocycles. The van der Waals surface area contributed by atoms with Crippen molar-refractivity contribution in [2.24, 2.45) is 4.40 Å². The molecule has 0 fully saturated rings. The number of anilines is 2. The number of nitrogens with one attached hydrogen (secondary N) is 1. The van der Waals surface area contributed by atoms with Crippen LogP contribution in [0, 0.1) is 15.9 Å². The van der Waals surface area contributed by atoms with Crippen LogP contribution in [0.15, 0.2) is 45.7 Å². The third-order valence-electron chi connectivity index (χ3n) is 4.47. The molecule has 2 aliphatic rings. The Morgan fingerprint density at radius 3 is 2.81 bits per heavy atom. The summed E-state index contributed by atoms with van der Waals surface area (Å²) < 4.78 is 45.4. The van der Waals surface area contributed by atoms with Crippen LogP contribution in [0.3, 0.4) is 0 Å². The topological polar surface area (TPSA) is 148 Å². The van der Waals surface area contributed by atoms with E-state index in [1.165, 1.54) is 12.1 Å². The molecule has 166 valence electrons. The number of nitrogens with zero attached hydrogens (tertiary/aromatic N) is 3. The first kappa shape index (κ1) is 21.7. The quantitative estimate of drug-likeness (QED) is 0.386. The van der Waals surface area contributed by atoms with E-state index in [1.54, 1.807) is 11.0 Å². The third kappa shape index (κ3) is 4.40. The van der Waals surface area contributed by atoms with Gasteiger partial charge in [0.25, 0.3) is 15.9 Å². The number of esters is 1. The fourth-order valence-electron chi connectivity index (χ4n) is 3.00. The molecule has 0 aliphatic carbocycles. The molecule has 2 heterocycles. The van der Waals surface area contributed by atoms with Gasteiger partial charge in [-0.3, -0.25) is 14.9 Å². The maximum absolute atomic E-state index is 13.4. The first-order valence-electron chi connectivity index (χ1n) is 8.96. The first-order valence-corrected chi connectivity index (χ1v) is 11.4. The number of ether oxygens (including phenoxy) is 1. The van der Waals surface area contributed by atoms with Crippen molar-refractivity contribution >= 4 is 55.9 Å². The number of nitro benzene ring substituents is 1. The number of halogens is 1. The fourth-order valence-corrected chi connectivity index (χ4v) is 5.30. The molecule has 2 aromatic rings. The van der Waals surface area contributed by atoms with Gasteiger partial charge in [0.15, 0.2) is 11.8 Å². The number of hydrogen-bond acceptors (Lipinski definition) is 9. The number of nitro groups is 1. The van der Waals surface area contributed by atoms with Crippen LogP contribution >= 0.6 is 11.8 Å². The normalized spacial score (nSPS) is 15.9. The summed E-state index contributed by atoms with van der Waals surface area (Å²) in [5, 5.41) is 13.4. The molecular formula is C18H13FN4O7S2. The summed E-state index contributed by atoms with van der Waals surface area (Å²) in [6.45, 7) is -0.419. The van der Waals surface area contributed by atoms with Crippen LogP contribution in [0.2, 0.25) is 0 Å². The van der Waals surface area contributed by atoms with Gasteiger partial charge in [0.1, 0.15) is 0 Å². The van der Waals surface area contributed by atoms with E-state index in [1.807, 2.05) is 0 Å². The fraction of sp³-hybridized carbons (Fsp3) is 0.167. The van der Waals surface area contributed by atoms with Crippen LogP contribution in [0.5, 0.6) is 0 Å². The van der Waals surface area contributed by atoms with Crippen molar-refractivity contribution in [2.75, 3.05) is 29.1 Å². The highest BCUT2D eigenvalue weighted by atomic mass is 32.2. The van der Waals surface area contributed by atoms with Crippen LogP contribution in [0.4, 0.5) is 21.5 Å². The van der Waals surface area contributed by atoms with Gasteiger partial charge in [0.2, 0.25) is 5.82 Å². The van der Waals surface area contributed by atoms with Crippen LogP contribution in [0.25, 0.3) is 0 Å². The average molecular weight is 480 g/mol. The number of rotatable bonds is 5. The van der Waals surface area contributed by atoms with Crippen molar-refractivity contribution in [1.29, 1.82) is 0 Å². The minimum atomic E-state index is -3.50. The zero-order valence-electron chi connectivity index (χ0n) is 16.0. The number of amides is 1. The Hall–Kier alpha value is -3.52. The van der Waals surface area contributed by atoms with E-state index in [0.717, 1.165) is 35.6 Å². The van der Waals surface area contributed by atoms with E-state index in [2.05, 4.69) is 9.71 Å². The van der Waals surface area contributed by atoms with E-state index in [9.17, 15) is 32.5 Å². The van der Waals surface area contributed by atoms with Crippen molar-refractivity contribution in [3.63, 3.8) is 0 Å². The van der Waals surface area contributed by atoms with Crippen molar-refractivity contribution in [3.8, 4) is 0 Å². The molecule has 1 amide bonds. The Labute approximate surface area is 184 Å². The number of carbonyl (C=O) groups is 2. The van der Waals surface area contributed by atoms with E-state index >= 15 is 0 Å². The second-order valence-electron chi connectivity index (χ2n) is 6.64. The van der Waals surface area contributed by atoms with Crippen molar-refractivity contribution in [1.82, 2.24) is 0 Å². The molecule has 14 heteroatoms. The molecule has 1 N–H and O–H groups in total. The zero-order valence-corrected chi connectivity index (χ0v) is 17.6. The summed E-state index contributed by atoms with van der Waals surface area (Å²) in [4.78, 5) is 36.5. The van der Waals surface area contributed by atoms with E-state index in [-0.39, 0.29) is 23.5 Å². The van der Waals surface area contributed by atoms with E-state index < -0.39 is 44.9 Å². The lowest BCUT2D eigenvalue weighted by atomic mass is 10.2. The van der Waals surface area contributed by atoms with E-state index in [0.29, 0.717) is 10.1 Å². The predicted octanol–water partition coefficient (Wildman–Crippen LogP) is 2.14. The van der Waals surface area contributed by atoms with Gasteiger partial charge in [-0.05, 0) is 42.1 Å². The molecular weight excluding hydrogens is 467 g/mol. The summed E-state index contributed by atoms with van der Waals surface area (Å²) in [5.41, 5.74) is 0.0326. The highest BCUT2D eigenvalue weighted by Gasteiger charge is 2.33. The molecule has 0 bridgehead atoms. The van der Waals surface area contributed by atoms with E-state index in [4.69, 9.17) is 4.74 Å². The minimum Gasteiger partial charge on any atom is -0.452 e. The van der Waals surface area contributed by atoms with Gasteiger partial charge in [0.05, 0.1) is 21.9 Å². The van der Waals surface area contributed by atoms with Gasteiger partial charge in [-0.2, -0.15) is 4.39 Å². The molecule has 11 nitrogen and oxygen atoms in total. The summed E-state index contributed by atoms with van der Waals surface area (Å²) >= 11 is 1.11. The summed E-state index contributed by atoms with van der Waals surface area (Å²) in [7, 11) is -3.50. The largest absolute Gasteiger partial charge is 0.452 e. The number of sulfonamides is 1. The van der Waals surface area contributed by atoms with Crippen molar-refractivity contribution in [2.45, 2.75) is 4.90 Å². The molecule has 2 aliphatic heterocycles. The molecule has 0 aromatic heterocycles. The van der Waals surface area contributed by atoms with Gasteiger partial charge >= 0.3 is 11.7 Å². The Morgan fingerprint density at radius 1 is 1.28 bits per heavy atom. The number of hydrogen-bond donors (Lipinski definition) is 1. The lowest BCUT2D eigenvalue weighted by Gasteiger charge is -2.22. The standard InChI is InChI=1S/C18H13FN4O7S2/c19-12-3-2-11(8-14(12)23(26)27)20-16(24)9-30-17(25)10-1-4-13-15(7-10)31-18-21-32(28,29)6-5-22(13)18/h1-4,7-8H,5-6,9H2,(H,20,24). The second-order valence-corrected chi connectivity index (χ2v) is 9.41. The SMILES string of the molecule is O=C(COC(=O)c1ccc2c(c1)SC1=NS(=O)(=O)CCN12)Nc1ccc(F)c([N+](=O)[O-])c1. The lowest BCUT2D eigenvalue weighted by Crippen LogP contribution is -2.35. The van der Waals surface area contributed by atoms with Gasteiger partial charge in [0, 0.05) is 23.2 Å². The second kappa shape index (κ2) is 8.20. The van der Waals surface area contributed by atoms with Crippen LogP contribution < -0.4 is 10.2 Å². The summed E-state index contributed by atoms with van der Waals surface area (Å²) in [5.74, 6) is -2.72. The van der Waals surface area contributed by atoms with Crippen LogP contribution in [-0.4, -0.2) is 49.3 Å². The molecule has 4 rings (SSSR count). The van der Waals surface area contributed by atoms with Gasteiger partial charge in [-0.1, -0.05) is 0 Å². The Balaban J connectivity index is 1.39. The molecule has 0 saturated carbocycles.